The Morgan fingerprint density at radius 2 is 1.45 bits per heavy atom. The molecule has 2 aromatic carbocycles. The van der Waals surface area contributed by atoms with Crippen molar-refractivity contribution in [3.63, 3.8) is 0 Å². The molecule has 4 heteroatoms. The molecule has 120 valence electrons. The maximum absolute atomic E-state index is 11.7. The van der Waals surface area contributed by atoms with E-state index in [9.17, 15) is 13.0 Å². The summed E-state index contributed by atoms with van der Waals surface area (Å²) in [5, 5.41) is 1.46. The molecule has 0 saturated carbocycles. The van der Waals surface area contributed by atoms with Crippen LogP contribution < -0.4 is 0 Å². The molecule has 22 heavy (non-hydrogen) atoms. The van der Waals surface area contributed by atoms with Gasteiger partial charge in [0.15, 0.2) is 0 Å². The highest BCUT2D eigenvalue weighted by Crippen LogP contribution is 2.28. The van der Waals surface area contributed by atoms with Crippen LogP contribution in [0.15, 0.2) is 35.2 Å². The van der Waals surface area contributed by atoms with Gasteiger partial charge >= 0.3 is 0 Å². The van der Waals surface area contributed by atoms with Crippen LogP contribution in [0.1, 0.15) is 38.8 Å². The summed E-state index contributed by atoms with van der Waals surface area (Å²) in [4.78, 5) is 0.0109. The molecule has 0 bridgehead atoms. The Bertz CT molecular complexity index is 769. The third-order valence-corrected chi connectivity index (χ3v) is 4.50. The molecule has 0 aliphatic heterocycles. The molecular weight excluding hydrogens is 296 g/mol. The second-order valence-electron chi connectivity index (χ2n) is 6.82. The minimum Gasteiger partial charge on any atom is -0.282 e. The molecule has 0 aliphatic carbocycles. The predicted octanol–water partition coefficient (Wildman–Crippen LogP) is 4.48. The fourth-order valence-electron chi connectivity index (χ4n) is 2.84. The molecule has 3 nitrogen and oxygen atoms in total. The van der Waals surface area contributed by atoms with E-state index in [2.05, 4.69) is 27.7 Å². The van der Waals surface area contributed by atoms with E-state index < -0.39 is 10.1 Å². The molecule has 1 N–H and O–H groups in total. The Kier molecular flexibility index (Phi) is 4.93. The number of hydrogen-bond acceptors (Lipinski definition) is 2. The highest BCUT2D eigenvalue weighted by atomic mass is 32.2. The second kappa shape index (κ2) is 6.39. The summed E-state index contributed by atoms with van der Waals surface area (Å²) >= 11 is 0. The predicted molar refractivity (Wildman–Crippen MR) is 90.8 cm³/mol. The average Bonchev–Trinajstić information content (AvgIpc) is 2.34. The first-order valence-electron chi connectivity index (χ1n) is 7.70. The van der Waals surface area contributed by atoms with Crippen molar-refractivity contribution in [3.05, 3.63) is 41.5 Å². The van der Waals surface area contributed by atoms with E-state index in [-0.39, 0.29) is 4.90 Å². The molecule has 0 spiro atoms. The van der Waals surface area contributed by atoms with Gasteiger partial charge in [-0.15, -0.1) is 0 Å². The minimum atomic E-state index is -4.22. The van der Waals surface area contributed by atoms with Crippen LogP contribution in [-0.2, 0) is 23.0 Å². The van der Waals surface area contributed by atoms with Gasteiger partial charge in [-0.05, 0) is 47.3 Å². The molecule has 0 atom stereocenters. The Balaban J connectivity index is 2.65. The molecule has 0 aromatic heterocycles. The standard InChI is InChI=1S/C18H24O3S/c1-12(2)7-14-5-6-17-16(9-14)10-15(8-13(3)4)11-18(17)22(19,20)21/h5-6,9-13H,7-8H2,1-4H3,(H,19,20,21). The maximum atomic E-state index is 11.7. The fraction of sp³-hybridized carbons (Fsp3) is 0.444. The Morgan fingerprint density at radius 1 is 0.909 bits per heavy atom. The smallest absolute Gasteiger partial charge is 0.282 e. The van der Waals surface area contributed by atoms with Crippen molar-refractivity contribution in [3.8, 4) is 0 Å². The summed E-state index contributed by atoms with van der Waals surface area (Å²) in [6.45, 7) is 8.49. The molecule has 0 saturated heterocycles. The van der Waals surface area contributed by atoms with Crippen molar-refractivity contribution in [2.45, 2.75) is 45.4 Å². The van der Waals surface area contributed by atoms with Crippen LogP contribution >= 0.6 is 0 Å². The molecule has 0 radical (unpaired) electrons. The van der Waals surface area contributed by atoms with Crippen LogP contribution in [0.25, 0.3) is 10.8 Å². The van der Waals surface area contributed by atoms with Gasteiger partial charge in [0.05, 0.1) is 0 Å². The number of hydrogen-bond donors (Lipinski definition) is 1. The van der Waals surface area contributed by atoms with E-state index >= 15 is 0 Å². The topological polar surface area (TPSA) is 54.4 Å². The van der Waals surface area contributed by atoms with Crippen molar-refractivity contribution in [1.82, 2.24) is 0 Å². The molecule has 2 rings (SSSR count). The van der Waals surface area contributed by atoms with Gasteiger partial charge in [0.2, 0.25) is 0 Å². The van der Waals surface area contributed by atoms with Gasteiger partial charge < -0.3 is 0 Å². The van der Waals surface area contributed by atoms with Crippen LogP contribution in [0.5, 0.6) is 0 Å². The lowest BCUT2D eigenvalue weighted by atomic mass is 9.96. The average molecular weight is 320 g/mol. The van der Waals surface area contributed by atoms with Gasteiger partial charge in [0.1, 0.15) is 4.90 Å². The van der Waals surface area contributed by atoms with Gasteiger partial charge in [-0.3, -0.25) is 4.55 Å². The molecule has 0 unspecified atom stereocenters. The SMILES string of the molecule is CC(C)Cc1ccc2c(S(=O)(=O)O)cc(CC(C)C)cc2c1. The number of fused-ring (bicyclic) bond motifs is 1. The van der Waals surface area contributed by atoms with E-state index in [1.807, 2.05) is 18.2 Å². The molecule has 0 fully saturated rings. The summed E-state index contributed by atoms with van der Waals surface area (Å²) in [7, 11) is -4.22. The first-order chi connectivity index (χ1) is 10.2. The van der Waals surface area contributed by atoms with Gasteiger partial charge in [0, 0.05) is 5.39 Å². The van der Waals surface area contributed by atoms with E-state index in [1.165, 1.54) is 5.56 Å². The van der Waals surface area contributed by atoms with Crippen LogP contribution in [0.4, 0.5) is 0 Å². The zero-order valence-electron chi connectivity index (χ0n) is 13.6. The monoisotopic (exact) mass is 320 g/mol. The molecule has 0 amide bonds. The summed E-state index contributed by atoms with van der Waals surface area (Å²) in [5.74, 6) is 0.961. The number of benzene rings is 2. The lowest BCUT2D eigenvalue weighted by molar-refractivity contribution is 0.484. The van der Waals surface area contributed by atoms with Crippen molar-refractivity contribution >= 4 is 20.9 Å². The Labute approximate surface area is 133 Å². The largest absolute Gasteiger partial charge is 0.295 e. The lowest BCUT2D eigenvalue weighted by Gasteiger charge is -2.12. The van der Waals surface area contributed by atoms with E-state index in [4.69, 9.17) is 0 Å². The van der Waals surface area contributed by atoms with Crippen molar-refractivity contribution in [1.29, 1.82) is 0 Å². The minimum absolute atomic E-state index is 0.0109. The van der Waals surface area contributed by atoms with Gasteiger partial charge in [-0.1, -0.05) is 52.0 Å². The Hall–Kier alpha value is -1.39. The van der Waals surface area contributed by atoms with E-state index in [1.54, 1.807) is 12.1 Å². The Morgan fingerprint density at radius 3 is 2.00 bits per heavy atom. The van der Waals surface area contributed by atoms with E-state index in [0.717, 1.165) is 23.8 Å². The van der Waals surface area contributed by atoms with Crippen LogP contribution in [-0.4, -0.2) is 13.0 Å². The third-order valence-electron chi connectivity index (χ3n) is 3.60. The normalized spacial score (nSPS) is 12.5. The molecular formula is C18H24O3S. The van der Waals surface area contributed by atoms with Gasteiger partial charge in [-0.25, -0.2) is 0 Å². The van der Waals surface area contributed by atoms with Crippen molar-refractivity contribution in [2.24, 2.45) is 11.8 Å². The molecule has 0 aliphatic rings. The summed E-state index contributed by atoms with van der Waals surface area (Å²) < 4.78 is 32.9. The highest BCUT2D eigenvalue weighted by molar-refractivity contribution is 7.86. The van der Waals surface area contributed by atoms with Crippen LogP contribution in [0.3, 0.4) is 0 Å². The lowest BCUT2D eigenvalue weighted by Crippen LogP contribution is -2.03. The summed E-state index contributed by atoms with van der Waals surface area (Å²) in [6.07, 6.45) is 1.73. The summed E-state index contributed by atoms with van der Waals surface area (Å²) in [6, 6.07) is 9.41. The van der Waals surface area contributed by atoms with Crippen molar-refractivity contribution < 1.29 is 13.0 Å². The van der Waals surface area contributed by atoms with Crippen LogP contribution in [0.2, 0.25) is 0 Å². The second-order valence-corrected chi connectivity index (χ2v) is 8.21. The first-order valence-corrected chi connectivity index (χ1v) is 9.14. The van der Waals surface area contributed by atoms with Crippen LogP contribution in [0, 0.1) is 11.8 Å². The zero-order chi connectivity index (χ0) is 16.5. The number of rotatable bonds is 5. The first kappa shape index (κ1) is 17.0. The van der Waals surface area contributed by atoms with Gasteiger partial charge in [-0.2, -0.15) is 8.42 Å². The highest BCUT2D eigenvalue weighted by Gasteiger charge is 2.16. The third kappa shape index (κ3) is 4.08. The molecule has 2 aromatic rings. The van der Waals surface area contributed by atoms with Gasteiger partial charge in [0.25, 0.3) is 10.1 Å². The quantitative estimate of drug-likeness (QED) is 0.826. The summed E-state index contributed by atoms with van der Waals surface area (Å²) in [5.41, 5.74) is 2.13. The maximum Gasteiger partial charge on any atom is 0.295 e. The van der Waals surface area contributed by atoms with Crippen molar-refractivity contribution in [2.75, 3.05) is 0 Å². The zero-order valence-corrected chi connectivity index (χ0v) is 14.4. The fourth-order valence-corrected chi connectivity index (χ4v) is 3.61. The molecule has 0 heterocycles. The van der Waals surface area contributed by atoms with E-state index in [0.29, 0.717) is 17.2 Å².